The molecule has 6 nitrogen and oxygen atoms in total. The van der Waals surface area contributed by atoms with E-state index in [1.54, 1.807) is 0 Å². The van der Waals surface area contributed by atoms with Gasteiger partial charge in [-0.25, -0.2) is 9.67 Å². The predicted octanol–water partition coefficient (Wildman–Crippen LogP) is 4.72. The number of aryl methyl sites for hydroxylation is 1. The number of para-hydroxylation sites is 1. The van der Waals surface area contributed by atoms with E-state index in [4.69, 9.17) is 14.8 Å². The topological polar surface area (TPSA) is 61.9 Å². The van der Waals surface area contributed by atoms with E-state index in [0.29, 0.717) is 16.8 Å². The maximum Gasteiger partial charge on any atom is 0.209 e. The van der Waals surface area contributed by atoms with Gasteiger partial charge in [-0.15, -0.1) is 5.10 Å². The predicted molar refractivity (Wildman–Crippen MR) is 121 cm³/mol. The van der Waals surface area contributed by atoms with Crippen LogP contribution in [-0.2, 0) is 11.3 Å². The summed E-state index contributed by atoms with van der Waals surface area (Å²) < 4.78 is 9.95. The second-order valence-corrected chi connectivity index (χ2v) is 9.46. The Morgan fingerprint density at radius 2 is 2.00 bits per heavy atom. The van der Waals surface area contributed by atoms with Crippen molar-refractivity contribution in [3.8, 4) is 5.69 Å². The molecular weight excluding hydrogens is 408 g/mol. The Labute approximate surface area is 187 Å². The third-order valence-corrected chi connectivity index (χ3v) is 7.01. The van der Waals surface area contributed by atoms with Crippen molar-refractivity contribution in [2.45, 2.75) is 63.3 Å². The summed E-state index contributed by atoms with van der Waals surface area (Å²) in [5.41, 5.74) is 3.96. The molecule has 31 heavy (non-hydrogen) atoms. The molecule has 1 atom stereocenters. The molecule has 5 rings (SSSR count). The lowest BCUT2D eigenvalue weighted by molar-refractivity contribution is 0.0957. The molecule has 3 heterocycles. The second-order valence-electron chi connectivity index (χ2n) is 8.52. The third kappa shape index (κ3) is 4.34. The van der Waals surface area contributed by atoms with Crippen LogP contribution < -0.4 is 0 Å². The molecule has 0 spiro atoms. The summed E-state index contributed by atoms with van der Waals surface area (Å²) in [7, 11) is 0. The maximum atomic E-state index is 13.0. The minimum absolute atomic E-state index is 0.126. The van der Waals surface area contributed by atoms with Crippen molar-refractivity contribution in [1.29, 1.82) is 0 Å². The summed E-state index contributed by atoms with van der Waals surface area (Å²) in [6, 6.07) is 12.1. The maximum absolute atomic E-state index is 13.0. The Kier molecular flexibility index (Phi) is 5.71. The highest BCUT2D eigenvalue weighted by atomic mass is 32.2. The lowest BCUT2D eigenvalue weighted by Crippen LogP contribution is -2.17. The summed E-state index contributed by atoms with van der Waals surface area (Å²) in [4.78, 5) is 17.8. The number of nitrogens with zero attached hydrogens (tertiary/aromatic N) is 4. The highest BCUT2D eigenvalue weighted by molar-refractivity contribution is 7.99. The van der Waals surface area contributed by atoms with Crippen LogP contribution in [0.15, 0.2) is 41.6 Å². The van der Waals surface area contributed by atoms with Gasteiger partial charge in [-0.2, -0.15) is 0 Å². The van der Waals surface area contributed by atoms with E-state index in [1.807, 2.05) is 48.0 Å². The van der Waals surface area contributed by atoms with Gasteiger partial charge in [0.2, 0.25) is 5.16 Å². The van der Waals surface area contributed by atoms with E-state index >= 15 is 0 Å². The summed E-state index contributed by atoms with van der Waals surface area (Å²) >= 11 is 1.43. The molecule has 0 N–H and O–H groups in total. The average Bonchev–Trinajstić information content (AvgIpc) is 3.21. The first kappa shape index (κ1) is 20.5. The number of aromatic nitrogens is 4. The molecule has 3 aromatic rings. The van der Waals surface area contributed by atoms with Gasteiger partial charge in [-0.05, 0) is 57.7 Å². The van der Waals surface area contributed by atoms with Gasteiger partial charge in [0.25, 0.3) is 0 Å². The highest BCUT2D eigenvalue weighted by Gasteiger charge is 2.30. The molecule has 2 aromatic heterocycles. The van der Waals surface area contributed by atoms with Gasteiger partial charge in [0.05, 0.1) is 17.5 Å². The fourth-order valence-corrected chi connectivity index (χ4v) is 5.01. The Hall–Kier alpha value is -2.38. The summed E-state index contributed by atoms with van der Waals surface area (Å²) in [6.07, 6.45) is 4.79. The first-order valence-electron chi connectivity index (χ1n) is 11.1. The third-order valence-electron chi connectivity index (χ3n) is 6.17. The molecule has 1 aromatic carbocycles. The fourth-order valence-electron chi connectivity index (χ4n) is 4.29. The highest BCUT2D eigenvalue weighted by Crippen LogP contribution is 2.40. The smallest absolute Gasteiger partial charge is 0.209 e. The molecule has 1 saturated heterocycles. The van der Waals surface area contributed by atoms with Gasteiger partial charge >= 0.3 is 0 Å². The zero-order valence-corrected chi connectivity index (χ0v) is 18.9. The van der Waals surface area contributed by atoms with E-state index in [2.05, 4.69) is 11.5 Å². The lowest BCUT2D eigenvalue weighted by Gasteiger charge is -2.14. The van der Waals surface area contributed by atoms with Gasteiger partial charge in [-0.1, -0.05) is 30.0 Å². The molecule has 7 heteroatoms. The van der Waals surface area contributed by atoms with Crippen molar-refractivity contribution in [3.05, 3.63) is 59.2 Å². The summed E-state index contributed by atoms with van der Waals surface area (Å²) in [6.45, 7) is 5.77. The van der Waals surface area contributed by atoms with E-state index in [-0.39, 0.29) is 11.9 Å². The van der Waals surface area contributed by atoms with Crippen LogP contribution in [0.25, 0.3) is 5.69 Å². The number of carbonyl (C=O) groups excluding carboxylic acids is 1. The molecular formula is C24H28N4O2S. The largest absolute Gasteiger partial charge is 0.376 e. The zero-order valence-electron chi connectivity index (χ0n) is 18.1. The van der Waals surface area contributed by atoms with Crippen LogP contribution in [0.4, 0.5) is 0 Å². The summed E-state index contributed by atoms with van der Waals surface area (Å²) in [5, 5.41) is 5.39. The minimum Gasteiger partial charge on any atom is -0.376 e. The molecule has 0 amide bonds. The van der Waals surface area contributed by atoms with Crippen molar-refractivity contribution in [3.63, 3.8) is 0 Å². The molecule has 0 radical (unpaired) electrons. The van der Waals surface area contributed by atoms with Gasteiger partial charge in [0.15, 0.2) is 5.78 Å². The molecule has 1 aliphatic carbocycles. The number of hydrogen-bond donors (Lipinski definition) is 0. The van der Waals surface area contributed by atoms with Crippen molar-refractivity contribution in [1.82, 2.24) is 19.3 Å². The van der Waals surface area contributed by atoms with Crippen molar-refractivity contribution < 1.29 is 9.53 Å². The van der Waals surface area contributed by atoms with Crippen LogP contribution in [0.5, 0.6) is 0 Å². The van der Waals surface area contributed by atoms with Crippen LogP contribution in [-0.4, -0.2) is 43.6 Å². The normalized spacial score (nSPS) is 18.6. The SMILES string of the molecule is Cc1cc(C(=O)CSc2nc(C3CC3)n(-c3ccccc3)n2)c(C)n1C[C@H]1CCCO1. The molecule has 162 valence electrons. The summed E-state index contributed by atoms with van der Waals surface area (Å²) in [5.74, 6) is 1.96. The Balaban J connectivity index is 1.30. The van der Waals surface area contributed by atoms with E-state index in [0.717, 1.165) is 67.3 Å². The number of ketones is 1. The lowest BCUT2D eigenvalue weighted by atomic mass is 10.2. The molecule has 1 saturated carbocycles. The number of Topliss-reactive ketones (excluding diaryl/α,β-unsaturated/α-hetero) is 1. The Morgan fingerprint density at radius 1 is 1.19 bits per heavy atom. The molecule has 2 fully saturated rings. The Morgan fingerprint density at radius 3 is 2.71 bits per heavy atom. The first-order valence-corrected chi connectivity index (χ1v) is 12.1. The Bertz CT molecular complexity index is 1080. The van der Waals surface area contributed by atoms with Crippen LogP contribution >= 0.6 is 11.8 Å². The van der Waals surface area contributed by atoms with Crippen LogP contribution in [0.1, 0.15) is 59.2 Å². The molecule has 1 aliphatic heterocycles. The van der Waals surface area contributed by atoms with Crippen LogP contribution in [0.2, 0.25) is 0 Å². The zero-order chi connectivity index (χ0) is 21.4. The van der Waals surface area contributed by atoms with Crippen molar-refractivity contribution in [2.75, 3.05) is 12.4 Å². The molecule has 0 unspecified atom stereocenters. The van der Waals surface area contributed by atoms with E-state index in [9.17, 15) is 4.79 Å². The number of hydrogen-bond acceptors (Lipinski definition) is 5. The quantitative estimate of drug-likeness (QED) is 0.378. The number of ether oxygens (including phenoxy) is 1. The molecule has 2 aliphatic rings. The van der Waals surface area contributed by atoms with E-state index in [1.165, 1.54) is 11.8 Å². The van der Waals surface area contributed by atoms with Gasteiger partial charge in [0, 0.05) is 36.0 Å². The van der Waals surface area contributed by atoms with Gasteiger partial charge in [0.1, 0.15) is 5.82 Å². The van der Waals surface area contributed by atoms with E-state index < -0.39 is 0 Å². The second kappa shape index (κ2) is 8.63. The van der Waals surface area contributed by atoms with Gasteiger partial charge < -0.3 is 9.30 Å². The standard InChI is InChI=1S/C24H28N4O2S/c1-16-13-21(17(2)27(16)14-20-9-6-12-30-20)22(29)15-31-24-25-23(18-10-11-18)28(26-24)19-7-4-3-5-8-19/h3-5,7-8,13,18,20H,6,9-12,14-15H2,1-2H3/t20-/m1/s1. The first-order chi connectivity index (χ1) is 15.1. The van der Waals surface area contributed by atoms with Crippen LogP contribution in [0.3, 0.4) is 0 Å². The molecule has 0 bridgehead atoms. The monoisotopic (exact) mass is 436 g/mol. The number of benzene rings is 1. The number of rotatable bonds is 8. The number of thioether (sulfide) groups is 1. The van der Waals surface area contributed by atoms with Crippen molar-refractivity contribution >= 4 is 17.5 Å². The van der Waals surface area contributed by atoms with Crippen molar-refractivity contribution in [2.24, 2.45) is 0 Å². The number of carbonyl (C=O) groups is 1. The average molecular weight is 437 g/mol. The van der Waals surface area contributed by atoms with Gasteiger partial charge in [-0.3, -0.25) is 4.79 Å². The minimum atomic E-state index is 0.126. The fraction of sp³-hybridized carbons (Fsp3) is 0.458. The van der Waals surface area contributed by atoms with Crippen LogP contribution in [0, 0.1) is 13.8 Å².